The summed E-state index contributed by atoms with van der Waals surface area (Å²) in [7, 11) is 1.03. The maximum atomic E-state index is 11.3. The van der Waals surface area contributed by atoms with Gasteiger partial charge in [0.1, 0.15) is 6.61 Å². The molecule has 1 aliphatic rings. The van der Waals surface area contributed by atoms with Crippen LogP contribution in [0.4, 0.5) is 5.69 Å². The molecule has 0 bridgehead atoms. The summed E-state index contributed by atoms with van der Waals surface area (Å²) in [6.45, 7) is 1.06. The van der Waals surface area contributed by atoms with Crippen LogP contribution in [0.5, 0.6) is 5.88 Å². The summed E-state index contributed by atoms with van der Waals surface area (Å²) in [5, 5.41) is 3.42. The molecule has 2 rings (SSSR count). The zero-order valence-corrected chi connectivity index (χ0v) is 11.9. The molecular weight excluding hydrogens is 264 g/mol. The molecular formula is C13H20N2O3S. The van der Waals surface area contributed by atoms with Crippen LogP contribution in [0, 0.1) is 0 Å². The quantitative estimate of drug-likeness (QED) is 0.801. The molecule has 19 heavy (non-hydrogen) atoms. The number of aromatic nitrogens is 1. The molecule has 0 unspecified atom stereocenters. The molecule has 6 heteroatoms. The molecule has 1 aliphatic heterocycles. The summed E-state index contributed by atoms with van der Waals surface area (Å²) in [6, 6.07) is 4.21. The van der Waals surface area contributed by atoms with Gasteiger partial charge in [-0.2, -0.15) is 0 Å². The van der Waals surface area contributed by atoms with Gasteiger partial charge in [0, 0.05) is 41.5 Å². The lowest BCUT2D eigenvalue weighted by molar-refractivity contribution is 0.144. The number of hydrogen-bond acceptors (Lipinski definition) is 5. The average molecular weight is 284 g/mol. The first kappa shape index (κ1) is 14.3. The van der Waals surface area contributed by atoms with Gasteiger partial charge in [0.25, 0.3) is 0 Å². The second kappa shape index (κ2) is 7.45. The van der Waals surface area contributed by atoms with Crippen molar-refractivity contribution in [3.8, 4) is 5.88 Å². The van der Waals surface area contributed by atoms with E-state index >= 15 is 0 Å². The van der Waals surface area contributed by atoms with Crippen molar-refractivity contribution in [2.24, 2.45) is 0 Å². The summed E-state index contributed by atoms with van der Waals surface area (Å²) in [5.41, 5.74) is 0.983. The van der Waals surface area contributed by atoms with Gasteiger partial charge < -0.3 is 14.8 Å². The van der Waals surface area contributed by atoms with Crippen molar-refractivity contribution >= 4 is 16.5 Å². The second-order valence-electron chi connectivity index (χ2n) is 4.49. The van der Waals surface area contributed by atoms with E-state index in [1.165, 1.54) is 0 Å². The van der Waals surface area contributed by atoms with E-state index in [1.807, 2.05) is 12.1 Å². The Hall–Kier alpha value is -1.14. The van der Waals surface area contributed by atoms with E-state index in [9.17, 15) is 4.21 Å². The largest absolute Gasteiger partial charge is 0.475 e. The van der Waals surface area contributed by atoms with Crippen molar-refractivity contribution in [3.05, 3.63) is 18.3 Å². The van der Waals surface area contributed by atoms with Crippen LogP contribution >= 0.6 is 0 Å². The minimum Gasteiger partial charge on any atom is -0.475 e. The molecule has 0 amide bonds. The molecule has 0 saturated carbocycles. The van der Waals surface area contributed by atoms with Crippen LogP contribution in [0.2, 0.25) is 0 Å². The lowest BCUT2D eigenvalue weighted by atomic mass is 10.1. The SMILES string of the molecule is COCCOc1ccc(NC2CCS(=O)CC2)cn1. The van der Waals surface area contributed by atoms with Gasteiger partial charge in [0.2, 0.25) is 5.88 Å². The van der Waals surface area contributed by atoms with Crippen molar-refractivity contribution in [1.82, 2.24) is 4.98 Å². The fourth-order valence-corrected chi connectivity index (χ4v) is 3.25. The third-order valence-corrected chi connectivity index (χ3v) is 4.41. The number of hydrogen-bond donors (Lipinski definition) is 1. The van der Waals surface area contributed by atoms with Gasteiger partial charge >= 0.3 is 0 Å². The lowest BCUT2D eigenvalue weighted by Crippen LogP contribution is -2.29. The summed E-state index contributed by atoms with van der Waals surface area (Å²) in [5.74, 6) is 2.19. The van der Waals surface area contributed by atoms with Crippen LogP contribution in [0.3, 0.4) is 0 Å². The minimum absolute atomic E-state index is 0.403. The first-order chi connectivity index (χ1) is 9.28. The number of pyridine rings is 1. The van der Waals surface area contributed by atoms with Gasteiger partial charge in [-0.25, -0.2) is 4.98 Å². The molecule has 0 atom stereocenters. The van der Waals surface area contributed by atoms with E-state index in [-0.39, 0.29) is 0 Å². The van der Waals surface area contributed by atoms with Crippen molar-refractivity contribution < 1.29 is 13.7 Å². The molecule has 2 heterocycles. The molecule has 106 valence electrons. The second-order valence-corrected chi connectivity index (χ2v) is 6.19. The van der Waals surface area contributed by atoms with Gasteiger partial charge in [0.15, 0.2) is 0 Å². The number of rotatable bonds is 6. The minimum atomic E-state index is -0.615. The number of ether oxygens (including phenoxy) is 2. The third-order valence-electron chi connectivity index (χ3n) is 3.03. The van der Waals surface area contributed by atoms with Gasteiger partial charge in [0.05, 0.1) is 18.5 Å². The zero-order chi connectivity index (χ0) is 13.5. The van der Waals surface area contributed by atoms with E-state index in [4.69, 9.17) is 9.47 Å². The molecule has 5 nitrogen and oxygen atoms in total. The van der Waals surface area contributed by atoms with E-state index < -0.39 is 10.8 Å². The smallest absolute Gasteiger partial charge is 0.213 e. The van der Waals surface area contributed by atoms with Crippen molar-refractivity contribution in [2.45, 2.75) is 18.9 Å². The Morgan fingerprint density at radius 3 is 2.79 bits per heavy atom. The zero-order valence-electron chi connectivity index (χ0n) is 11.1. The first-order valence-corrected chi connectivity index (χ1v) is 7.96. The fourth-order valence-electron chi connectivity index (χ4n) is 1.95. The highest BCUT2D eigenvalue weighted by molar-refractivity contribution is 7.85. The van der Waals surface area contributed by atoms with Gasteiger partial charge in [-0.1, -0.05) is 0 Å². The molecule has 1 saturated heterocycles. The Kier molecular flexibility index (Phi) is 5.60. The van der Waals surface area contributed by atoms with Crippen LogP contribution in [-0.2, 0) is 15.5 Å². The molecule has 1 aromatic heterocycles. The van der Waals surface area contributed by atoms with Crippen molar-refractivity contribution in [3.63, 3.8) is 0 Å². The van der Waals surface area contributed by atoms with Gasteiger partial charge in [-0.05, 0) is 18.9 Å². The topological polar surface area (TPSA) is 60.5 Å². The molecule has 0 aromatic carbocycles. The number of nitrogens with zero attached hydrogens (tertiary/aromatic N) is 1. The summed E-state index contributed by atoms with van der Waals surface area (Å²) in [6.07, 6.45) is 3.69. The molecule has 0 aliphatic carbocycles. The van der Waals surface area contributed by atoms with E-state index in [0.29, 0.717) is 25.1 Å². The van der Waals surface area contributed by atoms with Crippen LogP contribution in [-0.4, -0.2) is 47.1 Å². The van der Waals surface area contributed by atoms with Gasteiger partial charge in [-0.3, -0.25) is 4.21 Å². The highest BCUT2D eigenvalue weighted by Gasteiger charge is 2.17. The van der Waals surface area contributed by atoms with E-state index in [1.54, 1.807) is 13.3 Å². The predicted octanol–water partition coefficient (Wildman–Crippen LogP) is 1.43. The number of anilines is 1. The maximum absolute atomic E-state index is 11.3. The maximum Gasteiger partial charge on any atom is 0.213 e. The summed E-state index contributed by atoms with van der Waals surface area (Å²) < 4.78 is 21.6. The Bertz CT molecular complexity index is 401. The van der Waals surface area contributed by atoms with Crippen molar-refractivity contribution in [2.75, 3.05) is 37.1 Å². The predicted molar refractivity (Wildman–Crippen MR) is 76.1 cm³/mol. The highest BCUT2D eigenvalue weighted by atomic mass is 32.2. The van der Waals surface area contributed by atoms with Crippen LogP contribution < -0.4 is 10.1 Å². The lowest BCUT2D eigenvalue weighted by Gasteiger charge is -2.23. The Morgan fingerprint density at radius 2 is 2.16 bits per heavy atom. The monoisotopic (exact) mass is 284 g/mol. The molecule has 1 fully saturated rings. The van der Waals surface area contributed by atoms with E-state index in [0.717, 1.165) is 30.0 Å². The Labute approximate surface area is 116 Å². The number of methoxy groups -OCH3 is 1. The van der Waals surface area contributed by atoms with Gasteiger partial charge in [-0.15, -0.1) is 0 Å². The molecule has 0 radical (unpaired) electrons. The molecule has 1 N–H and O–H groups in total. The fraction of sp³-hybridized carbons (Fsp3) is 0.615. The average Bonchev–Trinajstić information content (AvgIpc) is 2.44. The van der Waals surface area contributed by atoms with Crippen LogP contribution in [0.15, 0.2) is 18.3 Å². The standard InChI is InChI=1S/C13H20N2O3S/c1-17-6-7-18-13-3-2-12(10-14-13)15-11-4-8-19(16)9-5-11/h2-3,10-11,15H,4-9H2,1H3. The van der Waals surface area contributed by atoms with E-state index in [2.05, 4.69) is 10.3 Å². The Balaban J connectivity index is 1.79. The third kappa shape index (κ3) is 4.80. The summed E-state index contributed by atoms with van der Waals surface area (Å²) in [4.78, 5) is 4.23. The highest BCUT2D eigenvalue weighted by Crippen LogP contribution is 2.17. The molecule has 1 aromatic rings. The summed E-state index contributed by atoms with van der Waals surface area (Å²) >= 11 is 0. The first-order valence-electron chi connectivity index (χ1n) is 6.47. The Morgan fingerprint density at radius 1 is 1.37 bits per heavy atom. The number of nitrogens with one attached hydrogen (secondary N) is 1. The van der Waals surface area contributed by atoms with Crippen molar-refractivity contribution in [1.29, 1.82) is 0 Å². The molecule has 0 spiro atoms. The normalized spacial score (nSPS) is 23.0. The van der Waals surface area contributed by atoms with Crippen LogP contribution in [0.1, 0.15) is 12.8 Å². The van der Waals surface area contributed by atoms with Crippen LogP contribution in [0.25, 0.3) is 0 Å².